The summed E-state index contributed by atoms with van der Waals surface area (Å²) >= 11 is 10.1. The van der Waals surface area contributed by atoms with Crippen LogP contribution in [0, 0.1) is 5.95 Å². The average molecular weight is 250 g/mol. The number of hydrogen-bond donors (Lipinski definition) is 1. The van der Waals surface area contributed by atoms with Crippen LogP contribution in [0.5, 0.6) is 0 Å². The van der Waals surface area contributed by atoms with E-state index >= 15 is 0 Å². The Kier molecular flexibility index (Phi) is 2.78. The SMILES string of the molecule is O=c1c(Cl)c(F)[nH]c(C(F)(F)F)c1Cl. The predicted octanol–water partition coefficient (Wildman–Crippen LogP) is 2.84. The van der Waals surface area contributed by atoms with Crippen LogP contribution in [0.2, 0.25) is 10.0 Å². The first-order valence-electron chi connectivity index (χ1n) is 3.09. The highest BCUT2D eigenvalue weighted by Gasteiger charge is 2.36. The van der Waals surface area contributed by atoms with Crippen molar-refractivity contribution in [1.29, 1.82) is 0 Å². The van der Waals surface area contributed by atoms with Gasteiger partial charge in [-0.3, -0.25) is 4.79 Å². The van der Waals surface area contributed by atoms with Crippen LogP contribution >= 0.6 is 23.2 Å². The van der Waals surface area contributed by atoms with E-state index in [0.717, 1.165) is 0 Å². The Bertz CT molecular complexity index is 425. The van der Waals surface area contributed by atoms with Gasteiger partial charge in [0, 0.05) is 0 Å². The highest BCUT2D eigenvalue weighted by atomic mass is 35.5. The first kappa shape index (κ1) is 11.3. The zero-order valence-corrected chi connectivity index (χ0v) is 7.69. The van der Waals surface area contributed by atoms with Crippen LogP contribution in [0.3, 0.4) is 0 Å². The van der Waals surface area contributed by atoms with Crippen molar-refractivity contribution in [3.63, 3.8) is 0 Å². The summed E-state index contributed by atoms with van der Waals surface area (Å²) in [6.07, 6.45) is -4.93. The molecule has 1 rings (SSSR count). The van der Waals surface area contributed by atoms with Crippen molar-refractivity contribution in [2.24, 2.45) is 0 Å². The molecule has 0 spiro atoms. The van der Waals surface area contributed by atoms with Crippen molar-refractivity contribution in [3.05, 3.63) is 31.9 Å². The maximum atomic E-state index is 12.6. The van der Waals surface area contributed by atoms with Crippen molar-refractivity contribution >= 4 is 23.2 Å². The largest absolute Gasteiger partial charge is 0.432 e. The number of nitrogens with one attached hydrogen (secondary N) is 1. The first-order chi connectivity index (χ1) is 6.25. The van der Waals surface area contributed by atoms with Crippen LogP contribution in [0.25, 0.3) is 0 Å². The molecule has 0 aliphatic carbocycles. The first-order valence-corrected chi connectivity index (χ1v) is 3.84. The summed E-state index contributed by atoms with van der Waals surface area (Å²) in [6, 6.07) is 0. The number of pyridine rings is 1. The third kappa shape index (κ3) is 1.85. The van der Waals surface area contributed by atoms with Gasteiger partial charge in [-0.05, 0) is 0 Å². The van der Waals surface area contributed by atoms with Crippen LogP contribution in [-0.4, -0.2) is 4.98 Å². The second-order valence-corrected chi connectivity index (χ2v) is 3.02. The Balaban J connectivity index is 3.58. The van der Waals surface area contributed by atoms with Gasteiger partial charge in [-0.2, -0.15) is 17.6 Å². The summed E-state index contributed by atoms with van der Waals surface area (Å²) in [5, 5.41) is -2.17. The number of H-pyrrole nitrogens is 1. The lowest BCUT2D eigenvalue weighted by Gasteiger charge is -2.08. The maximum absolute atomic E-state index is 12.6. The average Bonchev–Trinajstić information content (AvgIpc) is 2.06. The molecule has 0 fully saturated rings. The number of alkyl halides is 3. The second-order valence-electron chi connectivity index (χ2n) is 2.27. The topological polar surface area (TPSA) is 32.9 Å². The molecule has 8 heteroatoms. The molecule has 1 aromatic rings. The van der Waals surface area contributed by atoms with Crippen molar-refractivity contribution in [3.8, 4) is 0 Å². The summed E-state index contributed by atoms with van der Waals surface area (Å²) in [5.41, 5.74) is -3.04. The molecular formula is C6HCl2F4NO. The fourth-order valence-electron chi connectivity index (χ4n) is 0.724. The summed E-state index contributed by atoms with van der Waals surface area (Å²) in [6.45, 7) is 0. The lowest BCUT2D eigenvalue weighted by Crippen LogP contribution is -2.18. The lowest BCUT2D eigenvalue weighted by molar-refractivity contribution is -0.141. The minimum absolute atomic E-state index is 0.997. The molecular weight excluding hydrogens is 249 g/mol. The molecule has 0 atom stereocenters. The van der Waals surface area contributed by atoms with Gasteiger partial charge in [0.25, 0.3) is 0 Å². The van der Waals surface area contributed by atoms with Gasteiger partial charge in [-0.15, -0.1) is 0 Å². The third-order valence-corrected chi connectivity index (χ3v) is 2.03. The Morgan fingerprint density at radius 3 is 2.07 bits per heavy atom. The predicted molar refractivity (Wildman–Crippen MR) is 42.0 cm³/mol. The van der Waals surface area contributed by atoms with Crippen molar-refractivity contribution in [1.82, 2.24) is 4.98 Å². The molecule has 0 saturated carbocycles. The van der Waals surface area contributed by atoms with E-state index in [1.807, 2.05) is 0 Å². The number of hydrogen-bond acceptors (Lipinski definition) is 1. The summed E-state index contributed by atoms with van der Waals surface area (Å²) in [5.74, 6) is -1.56. The standard InChI is InChI=1S/C6HCl2F4NO/c7-1-3(14)2(8)5(9)13-4(1)6(10,11)12/h(H,13,14). The van der Waals surface area contributed by atoms with Crippen LogP contribution in [0.1, 0.15) is 5.69 Å². The molecule has 1 aromatic heterocycles. The Morgan fingerprint density at radius 1 is 1.14 bits per heavy atom. The fourth-order valence-corrected chi connectivity index (χ4v) is 1.16. The molecule has 0 aliphatic rings. The molecule has 1 N–H and O–H groups in total. The highest BCUT2D eigenvalue weighted by Crippen LogP contribution is 2.32. The van der Waals surface area contributed by atoms with Gasteiger partial charge in [-0.1, -0.05) is 23.2 Å². The normalized spacial score (nSPS) is 11.9. The smallest absolute Gasteiger partial charge is 0.325 e. The van der Waals surface area contributed by atoms with Gasteiger partial charge < -0.3 is 4.98 Å². The van der Waals surface area contributed by atoms with Crippen LogP contribution < -0.4 is 5.43 Å². The van der Waals surface area contributed by atoms with Gasteiger partial charge in [0.1, 0.15) is 15.7 Å². The van der Waals surface area contributed by atoms with Gasteiger partial charge in [0.05, 0.1) is 0 Å². The Morgan fingerprint density at radius 2 is 1.64 bits per heavy atom. The maximum Gasteiger partial charge on any atom is 0.432 e. The molecule has 0 unspecified atom stereocenters. The molecule has 0 radical (unpaired) electrons. The van der Waals surface area contributed by atoms with Crippen LogP contribution in [-0.2, 0) is 6.18 Å². The summed E-state index contributed by atoms with van der Waals surface area (Å²) in [4.78, 5) is 12.1. The lowest BCUT2D eigenvalue weighted by atomic mass is 10.3. The van der Waals surface area contributed by atoms with E-state index in [-0.39, 0.29) is 0 Å². The van der Waals surface area contributed by atoms with Gasteiger partial charge in [-0.25, -0.2) is 0 Å². The fraction of sp³-hybridized carbons (Fsp3) is 0.167. The molecule has 2 nitrogen and oxygen atoms in total. The zero-order chi connectivity index (χ0) is 11.1. The Hall–Kier alpha value is -0.750. The van der Waals surface area contributed by atoms with E-state index in [1.54, 1.807) is 0 Å². The van der Waals surface area contributed by atoms with E-state index in [4.69, 9.17) is 23.2 Å². The van der Waals surface area contributed by atoms with Crippen LogP contribution in [0.4, 0.5) is 17.6 Å². The molecule has 14 heavy (non-hydrogen) atoms. The minimum Gasteiger partial charge on any atom is -0.325 e. The quantitative estimate of drug-likeness (QED) is 0.557. The molecule has 0 aromatic carbocycles. The van der Waals surface area contributed by atoms with Crippen LogP contribution in [0.15, 0.2) is 4.79 Å². The number of halogens is 6. The molecule has 1 heterocycles. The van der Waals surface area contributed by atoms with E-state index in [1.165, 1.54) is 4.98 Å². The monoisotopic (exact) mass is 249 g/mol. The van der Waals surface area contributed by atoms with Gasteiger partial charge >= 0.3 is 6.18 Å². The number of aromatic nitrogens is 1. The van der Waals surface area contributed by atoms with Gasteiger partial charge in [0.15, 0.2) is 0 Å². The molecule has 0 bridgehead atoms. The van der Waals surface area contributed by atoms with E-state index in [9.17, 15) is 22.4 Å². The molecule has 0 saturated heterocycles. The Labute approximate surface area is 84.4 Å². The van der Waals surface area contributed by atoms with E-state index < -0.39 is 33.3 Å². The van der Waals surface area contributed by atoms with Crippen molar-refractivity contribution in [2.75, 3.05) is 0 Å². The minimum atomic E-state index is -4.93. The second kappa shape index (κ2) is 3.43. The van der Waals surface area contributed by atoms with Crippen molar-refractivity contribution in [2.45, 2.75) is 6.18 Å². The summed E-state index contributed by atoms with van der Waals surface area (Å²) in [7, 11) is 0. The molecule has 0 aliphatic heterocycles. The molecule has 78 valence electrons. The summed E-state index contributed by atoms with van der Waals surface area (Å²) < 4.78 is 48.8. The molecule has 0 amide bonds. The van der Waals surface area contributed by atoms with Crippen molar-refractivity contribution < 1.29 is 17.6 Å². The highest BCUT2D eigenvalue weighted by molar-refractivity contribution is 6.34. The van der Waals surface area contributed by atoms with E-state index in [2.05, 4.69) is 0 Å². The number of aromatic amines is 1. The zero-order valence-electron chi connectivity index (χ0n) is 6.18. The van der Waals surface area contributed by atoms with E-state index in [0.29, 0.717) is 0 Å². The van der Waals surface area contributed by atoms with Gasteiger partial charge in [0.2, 0.25) is 11.4 Å². The number of rotatable bonds is 0. The third-order valence-electron chi connectivity index (χ3n) is 1.33.